The molecule has 0 aliphatic heterocycles. The predicted molar refractivity (Wildman–Crippen MR) is 79.7 cm³/mol. The molecular weight excluding hydrogens is 413 g/mol. The molecule has 0 bridgehead atoms. The van der Waals surface area contributed by atoms with Crippen LogP contribution in [0.15, 0.2) is 34.9 Å². The maximum absolute atomic E-state index is 11.2. The fourth-order valence-electron chi connectivity index (χ4n) is 1.65. The number of aromatic nitrogens is 1. The van der Waals surface area contributed by atoms with Gasteiger partial charge in [-0.25, -0.2) is 4.79 Å². The van der Waals surface area contributed by atoms with E-state index < -0.39 is 5.97 Å². The van der Waals surface area contributed by atoms with Gasteiger partial charge in [0.25, 0.3) is 0 Å². The molecule has 6 heteroatoms. The van der Waals surface area contributed by atoms with Crippen LogP contribution in [0.1, 0.15) is 10.5 Å². The first-order chi connectivity index (χ1) is 8.52. The van der Waals surface area contributed by atoms with Gasteiger partial charge in [-0.15, -0.1) is 0 Å². The monoisotopic (exact) mass is 421 g/mol. The summed E-state index contributed by atoms with van der Waals surface area (Å²) in [5, 5.41) is 9.20. The van der Waals surface area contributed by atoms with Crippen molar-refractivity contribution < 1.29 is 14.6 Å². The van der Waals surface area contributed by atoms with Crippen LogP contribution in [-0.4, -0.2) is 22.8 Å². The number of carbonyl (C=O) groups is 1. The van der Waals surface area contributed by atoms with E-state index >= 15 is 0 Å². The molecule has 1 aromatic heterocycles. The Morgan fingerprint density at radius 1 is 1.44 bits per heavy atom. The number of carboxylic acid groups (broad SMARTS) is 1. The van der Waals surface area contributed by atoms with E-state index in [1.807, 2.05) is 12.1 Å². The third kappa shape index (κ3) is 2.54. The molecule has 0 fully saturated rings. The first-order valence-corrected chi connectivity index (χ1v) is 6.85. The third-order valence-electron chi connectivity index (χ3n) is 2.41. The molecule has 0 unspecified atom stereocenters. The number of aromatic carboxylic acids is 1. The van der Waals surface area contributed by atoms with Gasteiger partial charge in [-0.2, -0.15) is 0 Å². The summed E-state index contributed by atoms with van der Waals surface area (Å²) in [6, 6.07) is 7.07. The molecule has 0 spiro atoms. The van der Waals surface area contributed by atoms with Gasteiger partial charge in [0.05, 0.1) is 12.8 Å². The van der Waals surface area contributed by atoms with Crippen LogP contribution in [0.2, 0.25) is 0 Å². The normalized spacial score (nSPS) is 10.4. The van der Waals surface area contributed by atoms with Crippen LogP contribution in [0.4, 0.5) is 0 Å². The number of benzene rings is 1. The molecule has 0 atom stereocenters. The Morgan fingerprint density at radius 2 is 2.17 bits per heavy atom. The number of halogens is 2. The van der Waals surface area contributed by atoms with Crippen molar-refractivity contribution in [1.82, 2.24) is 4.57 Å². The van der Waals surface area contributed by atoms with Crippen molar-refractivity contribution in [1.29, 1.82) is 0 Å². The number of rotatable bonds is 3. The van der Waals surface area contributed by atoms with E-state index in [-0.39, 0.29) is 5.69 Å². The Labute approximate surface area is 126 Å². The van der Waals surface area contributed by atoms with Crippen LogP contribution in [0.5, 0.6) is 5.75 Å². The second-order valence-electron chi connectivity index (χ2n) is 3.53. The SMILES string of the molecule is COc1ccc(Br)cc1-n1cc(I)cc1C(=O)O. The zero-order valence-electron chi connectivity index (χ0n) is 9.35. The topological polar surface area (TPSA) is 51.5 Å². The Balaban J connectivity index is 2.68. The molecule has 1 aromatic carbocycles. The highest BCUT2D eigenvalue weighted by Gasteiger charge is 2.16. The van der Waals surface area contributed by atoms with Crippen molar-refractivity contribution >= 4 is 44.5 Å². The van der Waals surface area contributed by atoms with Crippen LogP contribution in [0.3, 0.4) is 0 Å². The van der Waals surface area contributed by atoms with Gasteiger partial charge < -0.3 is 14.4 Å². The Bertz CT molecular complexity index is 609. The second-order valence-corrected chi connectivity index (χ2v) is 5.70. The molecule has 94 valence electrons. The number of ether oxygens (including phenoxy) is 1. The first kappa shape index (κ1) is 13.4. The summed E-state index contributed by atoms with van der Waals surface area (Å²) in [5.41, 5.74) is 0.892. The number of nitrogens with zero attached hydrogens (tertiary/aromatic N) is 1. The molecule has 1 heterocycles. The Hall–Kier alpha value is -1.02. The Morgan fingerprint density at radius 3 is 2.78 bits per heavy atom. The summed E-state index contributed by atoms with van der Waals surface area (Å²) in [4.78, 5) is 11.2. The Kier molecular flexibility index (Phi) is 3.96. The lowest BCUT2D eigenvalue weighted by atomic mass is 10.3. The van der Waals surface area contributed by atoms with Crippen LogP contribution in [-0.2, 0) is 0 Å². The molecule has 2 rings (SSSR count). The number of hydrogen-bond acceptors (Lipinski definition) is 2. The summed E-state index contributed by atoms with van der Waals surface area (Å²) in [7, 11) is 1.56. The van der Waals surface area contributed by atoms with E-state index in [0.717, 1.165) is 8.04 Å². The van der Waals surface area contributed by atoms with Crippen molar-refractivity contribution in [2.24, 2.45) is 0 Å². The van der Waals surface area contributed by atoms with Gasteiger partial charge in [0, 0.05) is 14.2 Å². The number of carboxylic acids is 1. The number of hydrogen-bond donors (Lipinski definition) is 1. The summed E-state index contributed by atoms with van der Waals surface area (Å²) in [6.07, 6.45) is 1.76. The molecule has 1 N–H and O–H groups in total. The van der Waals surface area contributed by atoms with E-state index in [4.69, 9.17) is 4.74 Å². The third-order valence-corrected chi connectivity index (χ3v) is 3.49. The lowest BCUT2D eigenvalue weighted by Crippen LogP contribution is -2.06. The minimum Gasteiger partial charge on any atom is -0.495 e. The lowest BCUT2D eigenvalue weighted by Gasteiger charge is -2.11. The molecular formula is C12H9BrINO3. The van der Waals surface area contributed by atoms with E-state index in [1.165, 1.54) is 0 Å². The summed E-state index contributed by atoms with van der Waals surface area (Å²) in [6.45, 7) is 0. The van der Waals surface area contributed by atoms with Crippen molar-refractivity contribution in [3.8, 4) is 11.4 Å². The van der Waals surface area contributed by atoms with Crippen LogP contribution in [0.25, 0.3) is 5.69 Å². The smallest absolute Gasteiger partial charge is 0.352 e. The zero-order valence-corrected chi connectivity index (χ0v) is 13.1. The molecule has 0 amide bonds. The summed E-state index contributed by atoms with van der Waals surface area (Å²) >= 11 is 5.46. The molecule has 18 heavy (non-hydrogen) atoms. The first-order valence-electron chi connectivity index (χ1n) is 4.98. The molecule has 0 aliphatic carbocycles. The van der Waals surface area contributed by atoms with E-state index in [1.54, 1.807) is 30.0 Å². The molecule has 0 saturated carbocycles. The molecule has 4 nitrogen and oxygen atoms in total. The highest BCUT2D eigenvalue weighted by molar-refractivity contribution is 14.1. The van der Waals surface area contributed by atoms with Gasteiger partial charge in [-0.05, 0) is 46.9 Å². The molecule has 0 radical (unpaired) electrons. The zero-order chi connectivity index (χ0) is 13.3. The maximum Gasteiger partial charge on any atom is 0.352 e. The van der Waals surface area contributed by atoms with E-state index in [9.17, 15) is 9.90 Å². The fraction of sp³-hybridized carbons (Fsp3) is 0.0833. The predicted octanol–water partition coefficient (Wildman–Crippen LogP) is 3.55. The average Bonchev–Trinajstić information content (AvgIpc) is 2.71. The van der Waals surface area contributed by atoms with Crippen molar-refractivity contribution in [3.05, 3.63) is 44.2 Å². The lowest BCUT2D eigenvalue weighted by molar-refractivity contribution is 0.0688. The number of methoxy groups -OCH3 is 1. The van der Waals surface area contributed by atoms with Gasteiger partial charge in [0.15, 0.2) is 0 Å². The van der Waals surface area contributed by atoms with Gasteiger partial charge in [0.1, 0.15) is 11.4 Å². The highest BCUT2D eigenvalue weighted by Crippen LogP contribution is 2.29. The van der Waals surface area contributed by atoms with Crippen molar-refractivity contribution in [2.45, 2.75) is 0 Å². The largest absolute Gasteiger partial charge is 0.495 e. The highest BCUT2D eigenvalue weighted by atomic mass is 127. The summed E-state index contributed by atoms with van der Waals surface area (Å²) < 4.78 is 8.58. The standard InChI is InChI=1S/C12H9BrINO3/c1-18-11-3-2-7(13)4-9(11)15-6-8(14)5-10(15)12(16)17/h2-6H,1H3,(H,16,17). The molecule has 0 saturated heterocycles. The average molecular weight is 422 g/mol. The van der Waals surface area contributed by atoms with Gasteiger partial charge >= 0.3 is 5.97 Å². The molecule has 2 aromatic rings. The van der Waals surface area contributed by atoms with Gasteiger partial charge in [-0.1, -0.05) is 15.9 Å². The molecule has 0 aliphatic rings. The van der Waals surface area contributed by atoms with Crippen LogP contribution in [0, 0.1) is 3.57 Å². The van der Waals surface area contributed by atoms with Crippen LogP contribution < -0.4 is 4.74 Å². The van der Waals surface area contributed by atoms with Crippen molar-refractivity contribution in [3.63, 3.8) is 0 Å². The minimum absolute atomic E-state index is 0.204. The van der Waals surface area contributed by atoms with Crippen molar-refractivity contribution in [2.75, 3.05) is 7.11 Å². The van der Waals surface area contributed by atoms with E-state index in [2.05, 4.69) is 38.5 Å². The van der Waals surface area contributed by atoms with Gasteiger partial charge in [-0.3, -0.25) is 0 Å². The quantitative estimate of drug-likeness (QED) is 0.771. The minimum atomic E-state index is -0.972. The van der Waals surface area contributed by atoms with Gasteiger partial charge in [0.2, 0.25) is 0 Å². The maximum atomic E-state index is 11.2. The van der Waals surface area contributed by atoms with Crippen LogP contribution >= 0.6 is 38.5 Å². The van der Waals surface area contributed by atoms with E-state index in [0.29, 0.717) is 11.4 Å². The fourth-order valence-corrected chi connectivity index (χ4v) is 2.57. The summed E-state index contributed by atoms with van der Waals surface area (Å²) in [5.74, 6) is -0.354. The second kappa shape index (κ2) is 5.31.